The van der Waals surface area contributed by atoms with Crippen molar-refractivity contribution in [2.75, 3.05) is 10.6 Å². The number of anilines is 2. The minimum Gasteiger partial charge on any atom is -0.368 e. The highest BCUT2D eigenvalue weighted by Crippen LogP contribution is 2.31. The lowest BCUT2D eigenvalue weighted by atomic mass is 10.0. The van der Waals surface area contributed by atoms with Crippen LogP contribution in [0.5, 0.6) is 0 Å². The second-order valence-electron chi connectivity index (χ2n) is 8.07. The van der Waals surface area contributed by atoms with Crippen molar-refractivity contribution in [3.05, 3.63) is 121 Å². The first-order valence-corrected chi connectivity index (χ1v) is 11.1. The van der Waals surface area contributed by atoms with Crippen LogP contribution in [0.3, 0.4) is 0 Å². The van der Waals surface area contributed by atoms with Gasteiger partial charge in [-0.2, -0.15) is 5.10 Å². The van der Waals surface area contributed by atoms with Crippen LogP contribution in [0.2, 0.25) is 0 Å². The van der Waals surface area contributed by atoms with Gasteiger partial charge in [0.15, 0.2) is 0 Å². The number of rotatable bonds is 7. The number of aromatic nitrogens is 2. The van der Waals surface area contributed by atoms with E-state index in [1.54, 1.807) is 4.52 Å². The van der Waals surface area contributed by atoms with Gasteiger partial charge < -0.3 is 16.4 Å². The Balaban J connectivity index is 1.60. The molecule has 2 amide bonds. The van der Waals surface area contributed by atoms with Crippen LogP contribution in [0.15, 0.2) is 109 Å². The van der Waals surface area contributed by atoms with Crippen LogP contribution in [0.4, 0.5) is 11.4 Å². The van der Waals surface area contributed by atoms with Gasteiger partial charge in [0.1, 0.15) is 6.04 Å². The molecule has 0 radical (unpaired) electrons. The number of nitrogens with two attached hydrogens (primary N) is 1. The zero-order valence-corrected chi connectivity index (χ0v) is 18.8. The highest BCUT2D eigenvalue weighted by molar-refractivity contribution is 6.04. The largest absolute Gasteiger partial charge is 0.368 e. The molecule has 0 aliphatic rings. The number of hydrogen-bond acceptors (Lipinski definition) is 4. The molecule has 0 bridgehead atoms. The summed E-state index contributed by atoms with van der Waals surface area (Å²) < 4.78 is 1.67. The van der Waals surface area contributed by atoms with Crippen LogP contribution < -0.4 is 16.4 Å². The fourth-order valence-corrected chi connectivity index (χ4v) is 4.01. The van der Waals surface area contributed by atoms with Crippen molar-refractivity contribution < 1.29 is 9.59 Å². The van der Waals surface area contributed by atoms with Gasteiger partial charge >= 0.3 is 0 Å². The van der Waals surface area contributed by atoms with Crippen molar-refractivity contribution in [2.24, 2.45) is 5.73 Å². The molecule has 4 N–H and O–H groups in total. The van der Waals surface area contributed by atoms with E-state index in [0.29, 0.717) is 16.9 Å². The molecule has 0 saturated heterocycles. The molecule has 3 aromatic carbocycles. The van der Waals surface area contributed by atoms with Gasteiger partial charge in [-0.15, -0.1) is 0 Å². The molecule has 2 heterocycles. The van der Waals surface area contributed by atoms with Crippen LogP contribution in [0.1, 0.15) is 22.0 Å². The van der Waals surface area contributed by atoms with Gasteiger partial charge in [0.05, 0.1) is 23.0 Å². The van der Waals surface area contributed by atoms with Crippen LogP contribution in [0, 0.1) is 0 Å². The minimum absolute atomic E-state index is 0.198. The number of para-hydroxylation sites is 1. The van der Waals surface area contributed by atoms with Gasteiger partial charge in [0.25, 0.3) is 11.8 Å². The highest BCUT2D eigenvalue weighted by Gasteiger charge is 2.25. The summed E-state index contributed by atoms with van der Waals surface area (Å²) in [7, 11) is 0. The number of benzene rings is 3. The van der Waals surface area contributed by atoms with Gasteiger partial charge in [-0.25, -0.2) is 4.52 Å². The quantitative estimate of drug-likeness (QED) is 0.321. The van der Waals surface area contributed by atoms with Crippen molar-refractivity contribution in [1.29, 1.82) is 0 Å². The number of primary amides is 1. The Kier molecular flexibility index (Phi) is 5.96. The molecule has 7 nitrogen and oxygen atoms in total. The van der Waals surface area contributed by atoms with Gasteiger partial charge in [0.2, 0.25) is 0 Å². The summed E-state index contributed by atoms with van der Waals surface area (Å²) in [5, 5.41) is 10.6. The van der Waals surface area contributed by atoms with Crippen LogP contribution >= 0.6 is 0 Å². The van der Waals surface area contributed by atoms with Gasteiger partial charge in [-0.1, -0.05) is 78.9 Å². The molecular weight excluding hydrogens is 438 g/mol. The molecule has 0 aliphatic carbocycles. The van der Waals surface area contributed by atoms with Crippen molar-refractivity contribution >= 4 is 28.7 Å². The first-order valence-electron chi connectivity index (χ1n) is 11.1. The van der Waals surface area contributed by atoms with E-state index in [9.17, 15) is 9.59 Å². The second kappa shape index (κ2) is 9.52. The van der Waals surface area contributed by atoms with Gasteiger partial charge in [-0.3, -0.25) is 9.59 Å². The number of carbonyl (C=O) groups is 2. The lowest BCUT2D eigenvalue weighted by Crippen LogP contribution is -2.28. The van der Waals surface area contributed by atoms with Crippen LogP contribution in [0.25, 0.3) is 16.6 Å². The van der Waals surface area contributed by atoms with Gasteiger partial charge in [-0.05, 0) is 29.3 Å². The normalized spacial score (nSPS) is 11.7. The third-order valence-corrected chi connectivity index (χ3v) is 5.73. The number of nitrogens with one attached hydrogen (secondary N) is 2. The maximum Gasteiger partial charge on any atom is 0.252 e. The SMILES string of the molecule is NC(=O)c1cnn2cc(-c3ccccc3)cc2c1NC(C(=O)Nc1ccccc1)c1ccccc1. The summed E-state index contributed by atoms with van der Waals surface area (Å²) in [5.41, 5.74) is 10.3. The molecule has 0 saturated carbocycles. The van der Waals surface area contributed by atoms with Gasteiger partial charge in [0, 0.05) is 17.4 Å². The van der Waals surface area contributed by atoms with Crippen LogP contribution in [-0.4, -0.2) is 21.4 Å². The molecule has 0 aliphatic heterocycles. The van der Waals surface area contributed by atoms with E-state index in [4.69, 9.17) is 5.73 Å². The number of carbonyl (C=O) groups excluding carboxylic acids is 2. The van der Waals surface area contributed by atoms with Crippen molar-refractivity contribution in [2.45, 2.75) is 6.04 Å². The monoisotopic (exact) mass is 461 g/mol. The summed E-state index contributed by atoms with van der Waals surface area (Å²) >= 11 is 0. The zero-order chi connectivity index (χ0) is 24.2. The smallest absolute Gasteiger partial charge is 0.252 e. The van der Waals surface area contributed by atoms with E-state index >= 15 is 0 Å². The third kappa shape index (κ3) is 4.60. The van der Waals surface area contributed by atoms with Crippen molar-refractivity contribution in [3.8, 4) is 11.1 Å². The molecule has 172 valence electrons. The lowest BCUT2D eigenvalue weighted by molar-refractivity contribution is -0.117. The molecule has 7 heteroatoms. The van der Waals surface area contributed by atoms with Crippen molar-refractivity contribution in [3.63, 3.8) is 0 Å². The molecular formula is C28H23N5O2. The molecule has 5 aromatic rings. The molecule has 0 fully saturated rings. The summed E-state index contributed by atoms with van der Waals surface area (Å²) in [5.74, 6) is -0.914. The molecule has 0 spiro atoms. The van der Waals surface area contributed by atoms with E-state index in [1.807, 2.05) is 103 Å². The first-order chi connectivity index (χ1) is 17.1. The molecule has 5 rings (SSSR count). The molecule has 2 aromatic heterocycles. The summed E-state index contributed by atoms with van der Waals surface area (Å²) in [6, 6.07) is 29.5. The Morgan fingerprint density at radius 3 is 2.11 bits per heavy atom. The third-order valence-electron chi connectivity index (χ3n) is 5.73. The predicted octanol–water partition coefficient (Wildman–Crippen LogP) is 4.89. The predicted molar refractivity (Wildman–Crippen MR) is 137 cm³/mol. The maximum absolute atomic E-state index is 13.4. The fourth-order valence-electron chi connectivity index (χ4n) is 4.01. The standard InChI is InChI=1S/C28H23N5O2/c29-27(34)23-17-30-33-18-21(19-10-4-1-5-11-19)16-24(33)26(23)32-25(20-12-6-2-7-13-20)28(35)31-22-14-8-3-9-15-22/h1-18,25,32H,(H2,29,34)(H,31,35). The summed E-state index contributed by atoms with van der Waals surface area (Å²) in [4.78, 5) is 25.8. The zero-order valence-electron chi connectivity index (χ0n) is 18.8. The van der Waals surface area contributed by atoms with Crippen molar-refractivity contribution in [1.82, 2.24) is 9.61 Å². The van der Waals surface area contributed by atoms with E-state index in [-0.39, 0.29) is 11.5 Å². The highest BCUT2D eigenvalue weighted by atomic mass is 16.2. The van der Waals surface area contributed by atoms with E-state index in [2.05, 4.69) is 15.7 Å². The Morgan fingerprint density at radius 2 is 1.46 bits per heavy atom. The van der Waals surface area contributed by atoms with Crippen LogP contribution in [-0.2, 0) is 4.79 Å². The lowest BCUT2D eigenvalue weighted by Gasteiger charge is -2.22. The topological polar surface area (TPSA) is 102 Å². The summed E-state index contributed by atoms with van der Waals surface area (Å²) in [6.07, 6.45) is 3.30. The number of fused-ring (bicyclic) bond motifs is 1. The van der Waals surface area contributed by atoms with E-state index in [0.717, 1.165) is 16.7 Å². The van der Waals surface area contributed by atoms with E-state index < -0.39 is 11.9 Å². The summed E-state index contributed by atoms with van der Waals surface area (Å²) in [6.45, 7) is 0. The number of hydrogen-bond donors (Lipinski definition) is 3. The Labute approximate surface area is 202 Å². The average molecular weight is 462 g/mol. The maximum atomic E-state index is 13.4. The Morgan fingerprint density at radius 1 is 0.829 bits per heavy atom. The second-order valence-corrected chi connectivity index (χ2v) is 8.07. The molecule has 35 heavy (non-hydrogen) atoms. The molecule has 1 unspecified atom stereocenters. The fraction of sp³-hybridized carbons (Fsp3) is 0.0357. The van der Waals surface area contributed by atoms with E-state index in [1.165, 1.54) is 6.20 Å². The Bertz CT molecular complexity index is 1480. The average Bonchev–Trinajstić information content (AvgIpc) is 3.33. The first kappa shape index (κ1) is 21.9. The number of nitrogens with zero attached hydrogens (tertiary/aromatic N) is 2. The molecule has 1 atom stereocenters. The minimum atomic E-state index is -0.796. The Hall–Kier alpha value is -4.91. The number of amides is 2.